The van der Waals surface area contributed by atoms with Crippen molar-refractivity contribution in [2.45, 2.75) is 45.6 Å². The lowest BCUT2D eigenvalue weighted by Gasteiger charge is -2.03. The van der Waals surface area contributed by atoms with Crippen molar-refractivity contribution in [2.24, 2.45) is 0 Å². The fourth-order valence-corrected chi connectivity index (χ4v) is 0.644. The molecule has 0 spiro atoms. The zero-order valence-electron chi connectivity index (χ0n) is 5.85. The monoisotopic (exact) mass is 116 g/mol. The summed E-state index contributed by atoms with van der Waals surface area (Å²) in [5, 5.41) is 8.99. The molecule has 0 saturated carbocycles. The van der Waals surface area contributed by atoms with Crippen LogP contribution in [0.5, 0.6) is 0 Å². The molecule has 0 aromatic rings. The number of unbranched alkanes of at least 4 members (excludes halogenated alkanes) is 1. The van der Waals surface area contributed by atoms with E-state index in [1.54, 1.807) is 0 Å². The number of aliphatic hydroxyl groups is 1. The van der Waals surface area contributed by atoms with Crippen molar-refractivity contribution >= 4 is 0 Å². The fraction of sp³-hybridized carbons (Fsp3) is 1.00. The third-order valence-electron chi connectivity index (χ3n) is 1.36. The van der Waals surface area contributed by atoms with Crippen LogP contribution in [0.25, 0.3) is 0 Å². The molecule has 0 unspecified atom stereocenters. The van der Waals surface area contributed by atoms with Gasteiger partial charge in [0, 0.05) is 0 Å². The van der Waals surface area contributed by atoms with E-state index < -0.39 is 0 Å². The standard InChI is InChI=1S/C7H16O/c1-3-5-6-7(8)4-2/h7-8H,3-6H2,1-2H3/t7-/m0/s1. The van der Waals surface area contributed by atoms with Gasteiger partial charge in [0.05, 0.1) is 6.10 Å². The maximum absolute atomic E-state index is 8.99. The summed E-state index contributed by atoms with van der Waals surface area (Å²) in [6, 6.07) is 0. The van der Waals surface area contributed by atoms with E-state index in [1.807, 2.05) is 6.92 Å². The minimum Gasteiger partial charge on any atom is -0.393 e. The van der Waals surface area contributed by atoms with Crippen molar-refractivity contribution in [3.63, 3.8) is 0 Å². The molecule has 0 aliphatic heterocycles. The van der Waals surface area contributed by atoms with Crippen LogP contribution < -0.4 is 0 Å². The van der Waals surface area contributed by atoms with Gasteiger partial charge in [-0.1, -0.05) is 26.7 Å². The van der Waals surface area contributed by atoms with E-state index in [1.165, 1.54) is 6.42 Å². The SMILES string of the molecule is CCCC[C@@H](O)CC. The lowest BCUT2D eigenvalue weighted by atomic mass is 10.1. The van der Waals surface area contributed by atoms with Crippen LogP contribution in [0, 0.1) is 0 Å². The first-order valence-electron chi connectivity index (χ1n) is 3.49. The minimum absolute atomic E-state index is 0.0463. The molecule has 0 aromatic carbocycles. The van der Waals surface area contributed by atoms with E-state index in [0.29, 0.717) is 0 Å². The van der Waals surface area contributed by atoms with Crippen LogP contribution >= 0.6 is 0 Å². The molecule has 1 N–H and O–H groups in total. The molecule has 1 nitrogen and oxygen atoms in total. The number of rotatable bonds is 4. The van der Waals surface area contributed by atoms with E-state index in [0.717, 1.165) is 19.3 Å². The van der Waals surface area contributed by atoms with Gasteiger partial charge in [0.2, 0.25) is 0 Å². The van der Waals surface area contributed by atoms with Crippen LogP contribution in [0.1, 0.15) is 39.5 Å². The zero-order chi connectivity index (χ0) is 6.41. The van der Waals surface area contributed by atoms with Crippen LogP contribution in [0.3, 0.4) is 0 Å². The normalized spacial score (nSPS) is 13.9. The van der Waals surface area contributed by atoms with Gasteiger partial charge >= 0.3 is 0 Å². The van der Waals surface area contributed by atoms with Gasteiger partial charge in [-0.15, -0.1) is 0 Å². The van der Waals surface area contributed by atoms with Gasteiger partial charge in [0.1, 0.15) is 0 Å². The predicted octanol–water partition coefficient (Wildman–Crippen LogP) is 1.95. The molecule has 0 fully saturated rings. The molecule has 0 heterocycles. The molecule has 1 atom stereocenters. The van der Waals surface area contributed by atoms with Gasteiger partial charge in [-0.05, 0) is 12.8 Å². The van der Waals surface area contributed by atoms with Gasteiger partial charge < -0.3 is 5.11 Å². The first-order valence-corrected chi connectivity index (χ1v) is 3.49. The maximum Gasteiger partial charge on any atom is 0.0537 e. The molecular formula is C7H16O. The Hall–Kier alpha value is -0.0400. The second-order valence-corrected chi connectivity index (χ2v) is 2.20. The van der Waals surface area contributed by atoms with E-state index in [-0.39, 0.29) is 6.10 Å². The Balaban J connectivity index is 2.86. The van der Waals surface area contributed by atoms with Gasteiger partial charge in [-0.2, -0.15) is 0 Å². The summed E-state index contributed by atoms with van der Waals surface area (Å²) < 4.78 is 0. The Labute approximate surface area is 51.7 Å². The van der Waals surface area contributed by atoms with Gasteiger partial charge in [-0.25, -0.2) is 0 Å². The highest BCUT2D eigenvalue weighted by atomic mass is 16.3. The molecule has 0 saturated heterocycles. The van der Waals surface area contributed by atoms with Crippen molar-refractivity contribution in [3.05, 3.63) is 0 Å². The van der Waals surface area contributed by atoms with E-state index in [9.17, 15) is 0 Å². The summed E-state index contributed by atoms with van der Waals surface area (Å²) in [6.45, 7) is 4.16. The maximum atomic E-state index is 8.99. The summed E-state index contributed by atoms with van der Waals surface area (Å²) in [6.07, 6.45) is 4.19. The Bertz CT molecular complexity index is 43.7. The van der Waals surface area contributed by atoms with Crippen molar-refractivity contribution in [1.29, 1.82) is 0 Å². The second kappa shape index (κ2) is 5.10. The third-order valence-corrected chi connectivity index (χ3v) is 1.36. The second-order valence-electron chi connectivity index (χ2n) is 2.20. The Morgan fingerprint density at radius 2 is 2.00 bits per heavy atom. The van der Waals surface area contributed by atoms with Crippen LogP contribution in [-0.2, 0) is 0 Å². The highest BCUT2D eigenvalue weighted by molar-refractivity contribution is 4.49. The molecule has 1 heteroatoms. The van der Waals surface area contributed by atoms with Crippen LogP contribution in [0.2, 0.25) is 0 Å². The zero-order valence-corrected chi connectivity index (χ0v) is 5.85. The first kappa shape index (κ1) is 7.96. The molecule has 0 rings (SSSR count). The van der Waals surface area contributed by atoms with Gasteiger partial charge in [0.25, 0.3) is 0 Å². The van der Waals surface area contributed by atoms with Crippen LogP contribution in [-0.4, -0.2) is 11.2 Å². The van der Waals surface area contributed by atoms with Gasteiger partial charge in [0.15, 0.2) is 0 Å². The Morgan fingerprint density at radius 1 is 1.38 bits per heavy atom. The Kier molecular flexibility index (Phi) is 5.08. The van der Waals surface area contributed by atoms with Crippen molar-refractivity contribution in [3.8, 4) is 0 Å². The van der Waals surface area contributed by atoms with Crippen LogP contribution in [0.15, 0.2) is 0 Å². The summed E-state index contributed by atoms with van der Waals surface area (Å²) in [4.78, 5) is 0. The average Bonchev–Trinajstić information content (AvgIpc) is 1.83. The highest BCUT2D eigenvalue weighted by Crippen LogP contribution is 2.02. The van der Waals surface area contributed by atoms with Crippen molar-refractivity contribution in [2.75, 3.05) is 0 Å². The minimum atomic E-state index is -0.0463. The topological polar surface area (TPSA) is 20.2 Å². The quantitative estimate of drug-likeness (QED) is 0.595. The number of aliphatic hydroxyl groups excluding tert-OH is 1. The summed E-state index contributed by atoms with van der Waals surface area (Å²) >= 11 is 0. The number of hydrogen-bond acceptors (Lipinski definition) is 1. The van der Waals surface area contributed by atoms with Crippen LogP contribution in [0.4, 0.5) is 0 Å². The molecule has 0 radical (unpaired) electrons. The third kappa shape index (κ3) is 4.13. The van der Waals surface area contributed by atoms with Crippen molar-refractivity contribution in [1.82, 2.24) is 0 Å². The van der Waals surface area contributed by atoms with Gasteiger partial charge in [-0.3, -0.25) is 0 Å². The summed E-state index contributed by atoms with van der Waals surface area (Å²) in [7, 11) is 0. The molecule has 0 aromatic heterocycles. The predicted molar refractivity (Wildman–Crippen MR) is 35.8 cm³/mol. The lowest BCUT2D eigenvalue weighted by molar-refractivity contribution is 0.157. The molecule has 50 valence electrons. The molecule has 0 amide bonds. The lowest BCUT2D eigenvalue weighted by Crippen LogP contribution is -2.02. The highest BCUT2D eigenvalue weighted by Gasteiger charge is 1.96. The summed E-state index contributed by atoms with van der Waals surface area (Å²) in [5.41, 5.74) is 0. The largest absolute Gasteiger partial charge is 0.393 e. The molecule has 0 bridgehead atoms. The fourth-order valence-electron chi connectivity index (χ4n) is 0.644. The first-order chi connectivity index (χ1) is 3.81. The Morgan fingerprint density at radius 3 is 2.38 bits per heavy atom. The molecule has 8 heavy (non-hydrogen) atoms. The molecule has 0 aliphatic rings. The summed E-state index contributed by atoms with van der Waals surface area (Å²) in [5.74, 6) is 0. The van der Waals surface area contributed by atoms with E-state index in [4.69, 9.17) is 5.11 Å². The molecular weight excluding hydrogens is 100 g/mol. The van der Waals surface area contributed by atoms with E-state index >= 15 is 0 Å². The smallest absolute Gasteiger partial charge is 0.0537 e. The van der Waals surface area contributed by atoms with E-state index in [2.05, 4.69) is 6.92 Å². The number of hydrogen-bond donors (Lipinski definition) is 1. The average molecular weight is 116 g/mol. The van der Waals surface area contributed by atoms with Crippen molar-refractivity contribution < 1.29 is 5.11 Å². The molecule has 0 aliphatic carbocycles.